The number of methoxy groups -OCH3 is 1. The van der Waals surface area contributed by atoms with Gasteiger partial charge in [-0.2, -0.15) is 0 Å². The van der Waals surface area contributed by atoms with E-state index in [9.17, 15) is 9.90 Å². The number of ether oxygens (including phenoxy) is 2. The van der Waals surface area contributed by atoms with Gasteiger partial charge in [0.05, 0.1) is 25.9 Å². The van der Waals surface area contributed by atoms with Crippen LogP contribution in [0.5, 0.6) is 11.6 Å². The van der Waals surface area contributed by atoms with E-state index in [-0.39, 0.29) is 24.0 Å². The van der Waals surface area contributed by atoms with E-state index in [4.69, 9.17) is 9.47 Å². The van der Waals surface area contributed by atoms with Crippen LogP contribution in [0.2, 0.25) is 0 Å². The van der Waals surface area contributed by atoms with Crippen molar-refractivity contribution in [2.45, 2.75) is 31.9 Å². The predicted molar refractivity (Wildman–Crippen MR) is 97.3 cm³/mol. The van der Waals surface area contributed by atoms with Gasteiger partial charge in [0.2, 0.25) is 5.88 Å². The highest BCUT2D eigenvalue weighted by atomic mass is 16.5. The molecule has 1 aliphatic carbocycles. The number of carbonyl (C=O) groups excluding carboxylic acids is 1. The number of nitrogens with zero attached hydrogens (tertiary/aromatic N) is 1. The number of benzene rings is 1. The summed E-state index contributed by atoms with van der Waals surface area (Å²) in [5.41, 5.74) is 1.44. The Balaban J connectivity index is 1.78. The first-order valence-electron chi connectivity index (χ1n) is 8.82. The van der Waals surface area contributed by atoms with Crippen molar-refractivity contribution < 1.29 is 19.4 Å². The molecule has 0 radical (unpaired) electrons. The average Bonchev–Trinajstić information content (AvgIpc) is 2.64. The van der Waals surface area contributed by atoms with Crippen LogP contribution in [0.1, 0.15) is 41.7 Å². The molecule has 1 heterocycles. The molecule has 1 atom stereocenters. The molecule has 0 saturated heterocycles. The lowest BCUT2D eigenvalue weighted by Crippen LogP contribution is -2.41. The SMILES string of the molecule is CCOc1cccc(C(=O)NC(c2ccc(OC)nc2)C2CC(O)C2)c1. The van der Waals surface area contributed by atoms with Crippen molar-refractivity contribution in [1.82, 2.24) is 10.3 Å². The molecule has 1 saturated carbocycles. The Bertz CT molecular complexity index is 742. The van der Waals surface area contributed by atoms with E-state index in [1.165, 1.54) is 0 Å². The van der Waals surface area contributed by atoms with Gasteiger partial charge >= 0.3 is 0 Å². The number of pyridine rings is 1. The van der Waals surface area contributed by atoms with Crippen LogP contribution in [0, 0.1) is 5.92 Å². The molecule has 6 heteroatoms. The fraction of sp³-hybridized carbons (Fsp3) is 0.400. The molecule has 2 N–H and O–H groups in total. The Hall–Kier alpha value is -2.60. The Morgan fingerprint density at radius 1 is 1.35 bits per heavy atom. The average molecular weight is 356 g/mol. The summed E-state index contributed by atoms with van der Waals surface area (Å²) in [7, 11) is 1.56. The lowest BCUT2D eigenvalue weighted by atomic mass is 9.75. The van der Waals surface area contributed by atoms with E-state index in [0.29, 0.717) is 36.6 Å². The molecule has 0 aliphatic heterocycles. The molecule has 0 spiro atoms. The van der Waals surface area contributed by atoms with Gasteiger partial charge in [0.15, 0.2) is 0 Å². The molecule has 1 amide bonds. The summed E-state index contributed by atoms with van der Waals surface area (Å²) < 4.78 is 10.6. The smallest absolute Gasteiger partial charge is 0.251 e. The molecule has 1 fully saturated rings. The summed E-state index contributed by atoms with van der Waals surface area (Å²) in [6, 6.07) is 10.6. The zero-order valence-corrected chi connectivity index (χ0v) is 15.0. The van der Waals surface area contributed by atoms with Crippen molar-refractivity contribution in [2.24, 2.45) is 5.92 Å². The Labute approximate surface area is 153 Å². The highest BCUT2D eigenvalue weighted by Crippen LogP contribution is 2.38. The van der Waals surface area contributed by atoms with Gasteiger partial charge in [0, 0.05) is 17.8 Å². The first-order valence-corrected chi connectivity index (χ1v) is 8.82. The van der Waals surface area contributed by atoms with Crippen LogP contribution < -0.4 is 14.8 Å². The molecular weight excluding hydrogens is 332 g/mol. The number of aromatic nitrogens is 1. The lowest BCUT2D eigenvalue weighted by Gasteiger charge is -2.38. The normalized spacial score (nSPS) is 20.0. The predicted octanol–water partition coefficient (Wildman–Crippen LogP) is 2.73. The number of carbonyl (C=O) groups is 1. The second-order valence-electron chi connectivity index (χ2n) is 6.43. The van der Waals surface area contributed by atoms with Crippen LogP contribution in [0.4, 0.5) is 0 Å². The molecule has 1 aromatic carbocycles. The van der Waals surface area contributed by atoms with E-state index in [1.54, 1.807) is 37.6 Å². The molecule has 2 aromatic rings. The van der Waals surface area contributed by atoms with Crippen molar-refractivity contribution in [2.75, 3.05) is 13.7 Å². The van der Waals surface area contributed by atoms with E-state index in [2.05, 4.69) is 10.3 Å². The van der Waals surface area contributed by atoms with E-state index < -0.39 is 0 Å². The Kier molecular flexibility index (Phi) is 5.73. The molecule has 1 unspecified atom stereocenters. The van der Waals surface area contributed by atoms with Crippen molar-refractivity contribution in [1.29, 1.82) is 0 Å². The van der Waals surface area contributed by atoms with Gasteiger partial charge in [-0.25, -0.2) is 4.98 Å². The standard InChI is InChI=1S/C20H24N2O4/c1-3-26-17-6-4-5-13(11-17)20(24)22-19(15-9-16(23)10-15)14-7-8-18(25-2)21-12-14/h4-8,11-12,15-16,19,23H,3,9-10H2,1-2H3,(H,22,24). The molecule has 6 nitrogen and oxygen atoms in total. The highest BCUT2D eigenvalue weighted by molar-refractivity contribution is 5.94. The van der Waals surface area contributed by atoms with E-state index in [0.717, 1.165) is 5.56 Å². The maximum atomic E-state index is 12.8. The van der Waals surface area contributed by atoms with Crippen molar-refractivity contribution >= 4 is 5.91 Å². The van der Waals surface area contributed by atoms with E-state index >= 15 is 0 Å². The minimum atomic E-state index is -0.299. The first kappa shape index (κ1) is 18.2. The third kappa shape index (κ3) is 4.14. The van der Waals surface area contributed by atoms with Crippen LogP contribution in [-0.2, 0) is 0 Å². The second-order valence-corrected chi connectivity index (χ2v) is 6.43. The number of nitrogens with one attached hydrogen (secondary N) is 1. The molecule has 0 bridgehead atoms. The topological polar surface area (TPSA) is 80.7 Å². The summed E-state index contributed by atoms with van der Waals surface area (Å²) in [6.45, 7) is 2.45. The molecule has 3 rings (SSSR count). The number of amides is 1. The Morgan fingerprint density at radius 3 is 2.77 bits per heavy atom. The molecule has 1 aliphatic rings. The van der Waals surface area contributed by atoms with Crippen molar-refractivity contribution in [3.05, 3.63) is 53.7 Å². The largest absolute Gasteiger partial charge is 0.494 e. The molecule has 1 aromatic heterocycles. The second kappa shape index (κ2) is 8.19. The van der Waals surface area contributed by atoms with Crippen LogP contribution >= 0.6 is 0 Å². The minimum Gasteiger partial charge on any atom is -0.494 e. The van der Waals surface area contributed by atoms with Gasteiger partial charge in [0.1, 0.15) is 5.75 Å². The van der Waals surface area contributed by atoms with Gasteiger partial charge < -0.3 is 19.9 Å². The lowest BCUT2D eigenvalue weighted by molar-refractivity contribution is 0.0234. The van der Waals surface area contributed by atoms with Crippen molar-refractivity contribution in [3.8, 4) is 11.6 Å². The summed E-state index contributed by atoms with van der Waals surface area (Å²) in [5.74, 6) is 1.20. The third-order valence-corrected chi connectivity index (χ3v) is 4.64. The molecule has 26 heavy (non-hydrogen) atoms. The first-order chi connectivity index (χ1) is 12.6. The maximum absolute atomic E-state index is 12.8. The zero-order valence-electron chi connectivity index (χ0n) is 15.0. The van der Waals surface area contributed by atoms with Gasteiger partial charge in [-0.3, -0.25) is 4.79 Å². The fourth-order valence-electron chi connectivity index (χ4n) is 3.19. The maximum Gasteiger partial charge on any atom is 0.251 e. The third-order valence-electron chi connectivity index (χ3n) is 4.64. The van der Waals surface area contributed by atoms with Crippen molar-refractivity contribution in [3.63, 3.8) is 0 Å². The van der Waals surface area contributed by atoms with Gasteiger partial charge in [-0.1, -0.05) is 12.1 Å². The number of aliphatic hydroxyl groups is 1. The van der Waals surface area contributed by atoms with Gasteiger partial charge in [-0.05, 0) is 49.4 Å². The highest BCUT2D eigenvalue weighted by Gasteiger charge is 2.36. The summed E-state index contributed by atoms with van der Waals surface area (Å²) in [6.07, 6.45) is 2.74. The number of hydrogen-bond acceptors (Lipinski definition) is 5. The number of aliphatic hydroxyl groups excluding tert-OH is 1. The fourth-order valence-corrected chi connectivity index (χ4v) is 3.19. The van der Waals surface area contributed by atoms with Crippen LogP contribution in [0.3, 0.4) is 0 Å². The quantitative estimate of drug-likeness (QED) is 0.797. The molecular formula is C20H24N2O4. The Morgan fingerprint density at radius 2 is 2.15 bits per heavy atom. The summed E-state index contributed by atoms with van der Waals surface area (Å²) in [5, 5.41) is 12.8. The summed E-state index contributed by atoms with van der Waals surface area (Å²) in [4.78, 5) is 17.0. The van der Waals surface area contributed by atoms with Crippen LogP contribution in [0.15, 0.2) is 42.6 Å². The minimum absolute atomic E-state index is 0.172. The van der Waals surface area contributed by atoms with Crippen LogP contribution in [0.25, 0.3) is 0 Å². The van der Waals surface area contributed by atoms with E-state index in [1.807, 2.05) is 19.1 Å². The number of hydrogen-bond donors (Lipinski definition) is 2. The van der Waals surface area contributed by atoms with Gasteiger partial charge in [0.25, 0.3) is 5.91 Å². The summed E-state index contributed by atoms with van der Waals surface area (Å²) >= 11 is 0. The number of rotatable bonds is 7. The monoisotopic (exact) mass is 356 g/mol. The molecule has 138 valence electrons. The van der Waals surface area contributed by atoms with Crippen LogP contribution in [-0.4, -0.2) is 35.8 Å². The zero-order chi connectivity index (χ0) is 18.5. The van der Waals surface area contributed by atoms with Gasteiger partial charge in [-0.15, -0.1) is 0 Å².